The minimum Gasteiger partial charge on any atom is -0.474 e. The quantitative estimate of drug-likeness (QED) is 0.883. The smallest absolute Gasteiger partial charge is 0.213 e. The summed E-state index contributed by atoms with van der Waals surface area (Å²) in [4.78, 5) is 4.34. The van der Waals surface area contributed by atoms with Gasteiger partial charge in [-0.15, -0.1) is 0 Å². The Morgan fingerprint density at radius 2 is 2.00 bits per heavy atom. The summed E-state index contributed by atoms with van der Waals surface area (Å²) in [6.45, 7) is 8.62. The average molecular weight is 262 g/mol. The molecule has 3 heteroatoms. The number of nitrogens with one attached hydrogen (secondary N) is 1. The van der Waals surface area contributed by atoms with Crippen LogP contribution in [0.4, 0.5) is 0 Å². The van der Waals surface area contributed by atoms with Crippen LogP contribution in [0.25, 0.3) is 0 Å². The highest BCUT2D eigenvalue weighted by Crippen LogP contribution is 2.30. The average Bonchev–Trinajstić information content (AvgIpc) is 2.35. The van der Waals surface area contributed by atoms with Crippen molar-refractivity contribution in [2.75, 3.05) is 6.54 Å². The van der Waals surface area contributed by atoms with Crippen LogP contribution in [0.2, 0.25) is 0 Å². The molecule has 0 radical (unpaired) electrons. The number of rotatable bonds is 5. The van der Waals surface area contributed by atoms with Crippen LogP contribution in [0.5, 0.6) is 5.88 Å². The molecule has 2 atom stereocenters. The largest absolute Gasteiger partial charge is 0.474 e. The molecule has 0 saturated heterocycles. The lowest BCUT2D eigenvalue weighted by Gasteiger charge is -2.31. The monoisotopic (exact) mass is 262 g/mol. The van der Waals surface area contributed by atoms with Crippen molar-refractivity contribution < 1.29 is 4.74 Å². The number of nitrogens with zero attached hydrogens (tertiary/aromatic N) is 1. The predicted molar refractivity (Wildman–Crippen MR) is 78.2 cm³/mol. The minimum atomic E-state index is 0.334. The second-order valence-corrected chi connectivity index (χ2v) is 5.94. The van der Waals surface area contributed by atoms with Gasteiger partial charge in [-0.3, -0.25) is 0 Å². The van der Waals surface area contributed by atoms with Gasteiger partial charge in [0.2, 0.25) is 5.88 Å². The molecule has 1 aliphatic rings. The molecule has 1 saturated carbocycles. The van der Waals surface area contributed by atoms with Gasteiger partial charge in [0.25, 0.3) is 0 Å². The lowest BCUT2D eigenvalue weighted by atomic mass is 9.82. The van der Waals surface area contributed by atoms with Crippen LogP contribution in [0.3, 0.4) is 0 Å². The van der Waals surface area contributed by atoms with Gasteiger partial charge in [0.1, 0.15) is 6.10 Å². The Labute approximate surface area is 116 Å². The molecule has 19 heavy (non-hydrogen) atoms. The van der Waals surface area contributed by atoms with Crippen LogP contribution in [0.15, 0.2) is 18.3 Å². The Balaban J connectivity index is 1.94. The van der Waals surface area contributed by atoms with Crippen molar-refractivity contribution in [2.24, 2.45) is 11.8 Å². The molecule has 1 aromatic heterocycles. The number of aromatic nitrogens is 1. The zero-order valence-corrected chi connectivity index (χ0v) is 12.4. The summed E-state index contributed by atoms with van der Waals surface area (Å²) in [5.74, 6) is 2.30. The summed E-state index contributed by atoms with van der Waals surface area (Å²) < 4.78 is 6.08. The number of pyridine rings is 1. The van der Waals surface area contributed by atoms with Crippen molar-refractivity contribution in [3.05, 3.63) is 23.9 Å². The van der Waals surface area contributed by atoms with Crippen molar-refractivity contribution in [3.63, 3.8) is 0 Å². The Bertz CT molecular complexity index is 384. The van der Waals surface area contributed by atoms with Gasteiger partial charge in [-0.25, -0.2) is 4.98 Å². The normalized spacial score (nSPS) is 27.2. The summed E-state index contributed by atoms with van der Waals surface area (Å²) in [6, 6.07) is 4.11. The van der Waals surface area contributed by atoms with Crippen molar-refractivity contribution in [1.29, 1.82) is 0 Å². The Hall–Kier alpha value is -1.09. The number of hydrogen-bond donors (Lipinski definition) is 1. The van der Waals surface area contributed by atoms with Crippen molar-refractivity contribution in [3.8, 4) is 5.88 Å². The van der Waals surface area contributed by atoms with E-state index in [1.165, 1.54) is 12.0 Å². The first-order valence-electron chi connectivity index (χ1n) is 7.49. The topological polar surface area (TPSA) is 34.2 Å². The van der Waals surface area contributed by atoms with Gasteiger partial charge in [-0.05, 0) is 49.3 Å². The maximum absolute atomic E-state index is 6.08. The molecule has 3 nitrogen and oxygen atoms in total. The van der Waals surface area contributed by atoms with Gasteiger partial charge in [-0.1, -0.05) is 20.8 Å². The molecule has 1 N–H and O–H groups in total. The first kappa shape index (κ1) is 14.3. The molecule has 2 unspecified atom stereocenters. The minimum absolute atomic E-state index is 0.334. The summed E-state index contributed by atoms with van der Waals surface area (Å²) in [7, 11) is 0. The van der Waals surface area contributed by atoms with Crippen LogP contribution in [-0.4, -0.2) is 17.6 Å². The SMILES string of the molecule is CCNCc1ccnc(OC2CC(C)CC(C)C2)c1. The first-order chi connectivity index (χ1) is 9.17. The second kappa shape index (κ2) is 6.90. The summed E-state index contributed by atoms with van der Waals surface area (Å²) in [5, 5.41) is 3.33. The Morgan fingerprint density at radius 1 is 1.26 bits per heavy atom. The van der Waals surface area contributed by atoms with Crippen LogP contribution >= 0.6 is 0 Å². The molecule has 1 aliphatic carbocycles. The van der Waals surface area contributed by atoms with Crippen molar-refractivity contribution in [2.45, 2.75) is 52.7 Å². The fourth-order valence-corrected chi connectivity index (χ4v) is 3.03. The lowest BCUT2D eigenvalue weighted by Crippen LogP contribution is -2.28. The molecular formula is C16H26N2O. The first-order valence-corrected chi connectivity index (χ1v) is 7.49. The van der Waals surface area contributed by atoms with Crippen LogP contribution < -0.4 is 10.1 Å². The predicted octanol–water partition coefficient (Wildman–Crippen LogP) is 3.39. The third-order valence-electron chi connectivity index (χ3n) is 3.80. The van der Waals surface area contributed by atoms with E-state index in [1.807, 2.05) is 12.3 Å². The van der Waals surface area contributed by atoms with E-state index in [0.29, 0.717) is 6.10 Å². The standard InChI is InChI=1S/C16H26N2O/c1-4-17-11-14-5-6-18-16(10-14)19-15-8-12(2)7-13(3)9-15/h5-6,10,12-13,15,17H,4,7-9,11H2,1-3H3. The van der Waals surface area contributed by atoms with Gasteiger partial charge in [0.15, 0.2) is 0 Å². The van der Waals surface area contributed by atoms with Gasteiger partial charge in [-0.2, -0.15) is 0 Å². The van der Waals surface area contributed by atoms with E-state index in [0.717, 1.165) is 43.6 Å². The second-order valence-electron chi connectivity index (χ2n) is 5.94. The fourth-order valence-electron chi connectivity index (χ4n) is 3.03. The molecule has 0 spiro atoms. The Kier molecular flexibility index (Phi) is 5.20. The molecular weight excluding hydrogens is 236 g/mol. The van der Waals surface area contributed by atoms with Crippen LogP contribution in [-0.2, 0) is 6.54 Å². The summed E-state index contributed by atoms with van der Waals surface area (Å²) in [5.41, 5.74) is 1.24. The van der Waals surface area contributed by atoms with E-state index in [-0.39, 0.29) is 0 Å². The maximum Gasteiger partial charge on any atom is 0.213 e. The molecule has 0 bridgehead atoms. The molecule has 0 aromatic carbocycles. The van der Waals surface area contributed by atoms with Gasteiger partial charge in [0, 0.05) is 18.8 Å². The molecule has 2 rings (SSSR count). The number of ether oxygens (including phenoxy) is 1. The summed E-state index contributed by atoms with van der Waals surface area (Å²) >= 11 is 0. The maximum atomic E-state index is 6.08. The molecule has 106 valence electrons. The molecule has 1 fully saturated rings. The van der Waals surface area contributed by atoms with Crippen LogP contribution in [0.1, 0.15) is 45.6 Å². The molecule has 1 aromatic rings. The van der Waals surface area contributed by atoms with Gasteiger partial charge < -0.3 is 10.1 Å². The van der Waals surface area contributed by atoms with E-state index >= 15 is 0 Å². The third-order valence-corrected chi connectivity index (χ3v) is 3.80. The third kappa shape index (κ3) is 4.50. The zero-order chi connectivity index (χ0) is 13.7. The molecule has 0 aliphatic heterocycles. The van der Waals surface area contributed by atoms with E-state index in [1.54, 1.807) is 0 Å². The summed E-state index contributed by atoms with van der Waals surface area (Å²) in [6.07, 6.45) is 5.82. The van der Waals surface area contributed by atoms with Gasteiger partial charge >= 0.3 is 0 Å². The van der Waals surface area contributed by atoms with E-state index in [2.05, 4.69) is 37.1 Å². The van der Waals surface area contributed by atoms with E-state index in [9.17, 15) is 0 Å². The fraction of sp³-hybridized carbons (Fsp3) is 0.688. The Morgan fingerprint density at radius 3 is 2.68 bits per heavy atom. The highest BCUT2D eigenvalue weighted by molar-refractivity contribution is 5.20. The highest BCUT2D eigenvalue weighted by atomic mass is 16.5. The van der Waals surface area contributed by atoms with E-state index < -0.39 is 0 Å². The zero-order valence-electron chi connectivity index (χ0n) is 12.4. The molecule has 0 amide bonds. The highest BCUT2D eigenvalue weighted by Gasteiger charge is 2.25. The van der Waals surface area contributed by atoms with E-state index in [4.69, 9.17) is 4.74 Å². The van der Waals surface area contributed by atoms with Crippen molar-refractivity contribution in [1.82, 2.24) is 10.3 Å². The van der Waals surface area contributed by atoms with Crippen molar-refractivity contribution >= 4 is 0 Å². The molecule has 1 heterocycles. The lowest BCUT2D eigenvalue weighted by molar-refractivity contribution is 0.0966. The number of hydrogen-bond acceptors (Lipinski definition) is 3. The van der Waals surface area contributed by atoms with Gasteiger partial charge in [0.05, 0.1) is 0 Å². The van der Waals surface area contributed by atoms with Crippen LogP contribution in [0, 0.1) is 11.8 Å².